The predicted molar refractivity (Wildman–Crippen MR) is 128 cm³/mol. The van der Waals surface area contributed by atoms with Crippen molar-refractivity contribution in [2.75, 3.05) is 25.5 Å². The van der Waals surface area contributed by atoms with Crippen LogP contribution in [0.1, 0.15) is 61.2 Å². The lowest BCUT2D eigenvalue weighted by Gasteiger charge is -2.32. The highest BCUT2D eigenvalue weighted by atomic mass is 16.5. The van der Waals surface area contributed by atoms with Crippen molar-refractivity contribution < 1.29 is 9.53 Å². The lowest BCUT2D eigenvalue weighted by atomic mass is 9.88. The van der Waals surface area contributed by atoms with E-state index >= 15 is 0 Å². The summed E-state index contributed by atoms with van der Waals surface area (Å²) in [5, 5.41) is 4.61. The first-order valence-electron chi connectivity index (χ1n) is 11.3. The molecule has 2 heterocycles. The number of hydrogen-bond donors (Lipinski definition) is 1. The van der Waals surface area contributed by atoms with Gasteiger partial charge >= 0.3 is 0 Å². The number of carbonyl (C=O) groups is 1. The van der Waals surface area contributed by atoms with Crippen LogP contribution in [0, 0.1) is 13.8 Å². The van der Waals surface area contributed by atoms with Crippen LogP contribution in [0.2, 0.25) is 0 Å². The second-order valence-corrected chi connectivity index (χ2v) is 8.79. The molecule has 2 aromatic carbocycles. The van der Waals surface area contributed by atoms with Gasteiger partial charge in [0.15, 0.2) is 0 Å². The number of amides is 1. The number of ether oxygens (including phenoxy) is 1. The third kappa shape index (κ3) is 4.54. The number of fused-ring (bicyclic) bond motifs is 1. The van der Waals surface area contributed by atoms with Crippen molar-refractivity contribution in [2.45, 2.75) is 52.5 Å². The highest BCUT2D eigenvalue weighted by Crippen LogP contribution is 2.38. The lowest BCUT2D eigenvalue weighted by molar-refractivity contribution is -0.129. The maximum absolute atomic E-state index is 11.7. The minimum atomic E-state index is 0.108. The van der Waals surface area contributed by atoms with Gasteiger partial charge in [0.1, 0.15) is 17.4 Å². The Bertz CT molecular complexity index is 1140. The molecule has 1 atom stereocenters. The van der Waals surface area contributed by atoms with Gasteiger partial charge in [0.05, 0.1) is 12.6 Å². The van der Waals surface area contributed by atoms with Gasteiger partial charge < -0.3 is 15.0 Å². The summed E-state index contributed by atoms with van der Waals surface area (Å²) >= 11 is 0. The van der Waals surface area contributed by atoms with E-state index in [1.807, 2.05) is 17.9 Å². The van der Waals surface area contributed by atoms with Crippen molar-refractivity contribution in [3.63, 3.8) is 0 Å². The predicted octanol–water partition coefficient (Wildman–Crippen LogP) is 5.15. The van der Waals surface area contributed by atoms with E-state index in [1.165, 1.54) is 16.7 Å². The Morgan fingerprint density at radius 1 is 1.16 bits per heavy atom. The lowest BCUT2D eigenvalue weighted by Crippen LogP contribution is -2.36. The Hall–Kier alpha value is -3.15. The van der Waals surface area contributed by atoms with E-state index in [0.717, 1.165) is 54.2 Å². The van der Waals surface area contributed by atoms with Crippen molar-refractivity contribution in [1.82, 2.24) is 14.9 Å². The Morgan fingerprint density at radius 2 is 1.91 bits per heavy atom. The van der Waals surface area contributed by atoms with Gasteiger partial charge in [-0.1, -0.05) is 29.8 Å². The van der Waals surface area contributed by atoms with Crippen molar-refractivity contribution in [3.05, 3.63) is 58.9 Å². The quantitative estimate of drug-likeness (QED) is 0.604. The van der Waals surface area contributed by atoms with Crippen LogP contribution < -0.4 is 10.1 Å². The Morgan fingerprint density at radius 3 is 2.56 bits per heavy atom. The molecule has 1 aromatic heterocycles. The molecule has 0 saturated carbocycles. The number of nitrogens with zero attached hydrogens (tertiary/aromatic N) is 3. The highest BCUT2D eigenvalue weighted by Gasteiger charge is 2.25. The molecule has 6 heteroatoms. The molecule has 1 aliphatic rings. The molecule has 32 heavy (non-hydrogen) atoms. The zero-order valence-electron chi connectivity index (χ0n) is 19.6. The van der Waals surface area contributed by atoms with Crippen molar-refractivity contribution in [1.29, 1.82) is 0 Å². The fourth-order valence-corrected chi connectivity index (χ4v) is 4.63. The number of nitrogens with one attached hydrogen (secondary N) is 1. The number of rotatable bonds is 5. The van der Waals surface area contributed by atoms with Gasteiger partial charge in [0.25, 0.3) is 0 Å². The second-order valence-electron chi connectivity index (χ2n) is 8.79. The zero-order chi connectivity index (χ0) is 22.8. The van der Waals surface area contributed by atoms with E-state index in [2.05, 4.69) is 54.5 Å². The molecule has 168 valence electrons. The number of carbonyl (C=O) groups excluding carboxylic acids is 1. The zero-order valence-corrected chi connectivity index (χ0v) is 19.6. The monoisotopic (exact) mass is 432 g/mol. The van der Waals surface area contributed by atoms with E-state index in [-0.39, 0.29) is 11.9 Å². The van der Waals surface area contributed by atoms with Gasteiger partial charge in [0.2, 0.25) is 5.91 Å². The molecule has 0 spiro atoms. The molecular weight excluding hydrogens is 400 g/mol. The summed E-state index contributed by atoms with van der Waals surface area (Å²) in [5.74, 6) is 2.91. The minimum Gasteiger partial charge on any atom is -0.496 e. The minimum absolute atomic E-state index is 0.108. The van der Waals surface area contributed by atoms with E-state index < -0.39 is 0 Å². The fraction of sp³-hybridized carbons (Fsp3) is 0.423. The van der Waals surface area contributed by atoms with Crippen LogP contribution in [0.15, 0.2) is 36.4 Å². The summed E-state index contributed by atoms with van der Waals surface area (Å²) in [4.78, 5) is 23.1. The fourth-order valence-electron chi connectivity index (χ4n) is 4.63. The first kappa shape index (κ1) is 22.1. The summed E-state index contributed by atoms with van der Waals surface area (Å²) < 4.78 is 5.76. The van der Waals surface area contributed by atoms with E-state index in [0.29, 0.717) is 5.92 Å². The third-order valence-corrected chi connectivity index (χ3v) is 6.43. The van der Waals surface area contributed by atoms with Gasteiger partial charge in [-0.25, -0.2) is 9.97 Å². The average Bonchev–Trinajstić information content (AvgIpc) is 2.78. The third-order valence-electron chi connectivity index (χ3n) is 6.43. The first-order valence-corrected chi connectivity index (χ1v) is 11.3. The van der Waals surface area contributed by atoms with Gasteiger partial charge in [0, 0.05) is 37.5 Å². The van der Waals surface area contributed by atoms with E-state index in [4.69, 9.17) is 9.72 Å². The summed E-state index contributed by atoms with van der Waals surface area (Å²) in [6.07, 6.45) is 1.85. The summed E-state index contributed by atoms with van der Waals surface area (Å²) in [6.45, 7) is 9.38. The van der Waals surface area contributed by atoms with E-state index in [9.17, 15) is 4.79 Å². The highest BCUT2D eigenvalue weighted by molar-refractivity contribution is 5.91. The number of aromatic nitrogens is 2. The van der Waals surface area contributed by atoms with Crippen LogP contribution in [0.4, 0.5) is 5.82 Å². The van der Waals surface area contributed by atoms with Crippen molar-refractivity contribution >= 4 is 22.6 Å². The number of benzene rings is 2. The molecule has 1 N–H and O–H groups in total. The van der Waals surface area contributed by atoms with Crippen LogP contribution in [0.25, 0.3) is 10.9 Å². The smallest absolute Gasteiger partial charge is 0.219 e. The SMILES string of the molecule is COc1cc2nc(C)nc(N[C@@H](C)c3cccc(C)c3)c2cc1C1CCN(C(C)=O)CC1. The first-order chi connectivity index (χ1) is 15.4. The molecule has 0 aliphatic carbocycles. The Labute approximate surface area is 190 Å². The standard InChI is InChI=1S/C26H32N4O2/c1-16-7-6-8-21(13-16)17(2)27-26-23-14-22(20-9-11-30(12-10-20)19(4)31)25(32-5)15-24(23)28-18(3)29-26/h6-8,13-15,17,20H,9-12H2,1-5H3,(H,27,28,29)/t17-/m0/s1. The molecule has 0 radical (unpaired) electrons. The number of likely N-dealkylation sites (tertiary alicyclic amines) is 1. The summed E-state index contributed by atoms with van der Waals surface area (Å²) in [5.41, 5.74) is 4.50. The Balaban J connectivity index is 1.70. The molecule has 6 nitrogen and oxygen atoms in total. The van der Waals surface area contributed by atoms with Crippen LogP contribution in [0.5, 0.6) is 5.75 Å². The normalized spacial score (nSPS) is 15.6. The topological polar surface area (TPSA) is 67.4 Å². The van der Waals surface area contributed by atoms with Gasteiger partial charge in [-0.3, -0.25) is 4.79 Å². The summed E-state index contributed by atoms with van der Waals surface area (Å²) in [7, 11) is 1.71. The molecule has 0 unspecified atom stereocenters. The maximum atomic E-state index is 11.7. The number of piperidine rings is 1. The number of aryl methyl sites for hydroxylation is 2. The van der Waals surface area contributed by atoms with Crippen molar-refractivity contribution in [3.8, 4) is 5.75 Å². The average molecular weight is 433 g/mol. The second kappa shape index (κ2) is 9.15. The molecule has 4 rings (SSSR count). The molecule has 3 aromatic rings. The molecule has 1 aliphatic heterocycles. The van der Waals surface area contributed by atoms with Crippen LogP contribution in [-0.4, -0.2) is 41.0 Å². The van der Waals surface area contributed by atoms with Crippen LogP contribution >= 0.6 is 0 Å². The molecule has 1 amide bonds. The number of anilines is 1. The number of hydrogen-bond acceptors (Lipinski definition) is 5. The Kier molecular flexibility index (Phi) is 6.31. The molecule has 1 saturated heterocycles. The molecule has 1 fully saturated rings. The maximum Gasteiger partial charge on any atom is 0.219 e. The van der Waals surface area contributed by atoms with Crippen molar-refractivity contribution in [2.24, 2.45) is 0 Å². The van der Waals surface area contributed by atoms with Crippen LogP contribution in [-0.2, 0) is 4.79 Å². The summed E-state index contributed by atoms with van der Waals surface area (Å²) in [6, 6.07) is 12.9. The van der Waals surface area contributed by atoms with Gasteiger partial charge in [-0.2, -0.15) is 0 Å². The van der Waals surface area contributed by atoms with Crippen LogP contribution in [0.3, 0.4) is 0 Å². The van der Waals surface area contributed by atoms with Gasteiger partial charge in [-0.15, -0.1) is 0 Å². The van der Waals surface area contributed by atoms with E-state index in [1.54, 1.807) is 14.0 Å². The molecule has 0 bridgehead atoms. The largest absolute Gasteiger partial charge is 0.496 e. The molecular formula is C26H32N4O2. The number of methoxy groups -OCH3 is 1. The van der Waals surface area contributed by atoms with Gasteiger partial charge in [-0.05, 0) is 56.7 Å².